The zero-order chi connectivity index (χ0) is 27.3. The summed E-state index contributed by atoms with van der Waals surface area (Å²) in [6, 6.07) is 38.4. The van der Waals surface area contributed by atoms with Crippen LogP contribution in [0.25, 0.3) is 11.0 Å². The molecule has 1 fully saturated rings. The molecule has 1 saturated heterocycles. The molecule has 1 aliphatic rings. The Kier molecular flexibility index (Phi) is 7.15. The van der Waals surface area contributed by atoms with Gasteiger partial charge in [0.1, 0.15) is 10.6 Å². The molecule has 0 saturated carbocycles. The number of thioether (sulfide) groups is 1. The fraction of sp³-hybridized carbons (Fsp3) is 0.0312. The number of amidine groups is 2. The SMILES string of the molecule is CC(=NN=C1SC(=Nc2ccccc2)C(=Nc2ccccc2)N1c1ccccc1)c1cc2ccccc2oc1=O. The van der Waals surface area contributed by atoms with Gasteiger partial charge in [0.05, 0.1) is 22.6 Å². The molecule has 0 aliphatic carbocycles. The van der Waals surface area contributed by atoms with E-state index in [1.54, 1.807) is 19.1 Å². The van der Waals surface area contributed by atoms with E-state index in [0.29, 0.717) is 32.9 Å². The van der Waals surface area contributed by atoms with Crippen molar-refractivity contribution >= 4 is 61.6 Å². The quantitative estimate of drug-likeness (QED) is 0.130. The molecule has 2 heterocycles. The van der Waals surface area contributed by atoms with Gasteiger partial charge in [0.15, 0.2) is 5.84 Å². The van der Waals surface area contributed by atoms with Gasteiger partial charge in [0.25, 0.3) is 0 Å². The summed E-state index contributed by atoms with van der Waals surface area (Å²) >= 11 is 1.37. The summed E-state index contributed by atoms with van der Waals surface area (Å²) in [6.45, 7) is 1.75. The van der Waals surface area contributed by atoms with Crippen molar-refractivity contribution in [2.45, 2.75) is 6.92 Å². The molecule has 0 bridgehead atoms. The second-order valence-corrected chi connectivity index (χ2v) is 9.81. The molecule has 6 rings (SSSR count). The van der Waals surface area contributed by atoms with Crippen LogP contribution in [0, 0.1) is 0 Å². The van der Waals surface area contributed by atoms with Crippen LogP contribution in [0.1, 0.15) is 12.5 Å². The van der Waals surface area contributed by atoms with Crippen LogP contribution < -0.4 is 10.5 Å². The van der Waals surface area contributed by atoms with Gasteiger partial charge in [0.2, 0.25) is 5.17 Å². The van der Waals surface area contributed by atoms with E-state index < -0.39 is 5.63 Å². The molecule has 0 unspecified atom stereocenters. The molecule has 194 valence electrons. The van der Waals surface area contributed by atoms with Crippen molar-refractivity contribution in [3.63, 3.8) is 0 Å². The maximum atomic E-state index is 12.7. The number of rotatable bonds is 5. The number of benzene rings is 4. The molecule has 7 nitrogen and oxygen atoms in total. The van der Waals surface area contributed by atoms with E-state index in [1.807, 2.05) is 114 Å². The first-order chi connectivity index (χ1) is 19.7. The number of para-hydroxylation sites is 4. The zero-order valence-corrected chi connectivity index (χ0v) is 22.3. The fourth-order valence-electron chi connectivity index (χ4n) is 4.14. The van der Waals surface area contributed by atoms with Gasteiger partial charge in [0, 0.05) is 11.1 Å². The summed E-state index contributed by atoms with van der Waals surface area (Å²) in [5.41, 5.74) is 3.31. The van der Waals surface area contributed by atoms with E-state index in [2.05, 4.69) is 10.2 Å². The number of aliphatic imine (C=N–C) groups is 2. The lowest BCUT2D eigenvalue weighted by Gasteiger charge is -2.17. The van der Waals surface area contributed by atoms with Crippen LogP contribution in [0.3, 0.4) is 0 Å². The third-order valence-electron chi connectivity index (χ3n) is 6.09. The number of anilines is 1. The predicted octanol–water partition coefficient (Wildman–Crippen LogP) is 7.59. The van der Waals surface area contributed by atoms with Gasteiger partial charge in [-0.2, -0.15) is 5.10 Å². The first-order valence-electron chi connectivity index (χ1n) is 12.6. The summed E-state index contributed by atoms with van der Waals surface area (Å²) in [6.07, 6.45) is 0. The first kappa shape index (κ1) is 25.2. The maximum absolute atomic E-state index is 12.7. The average Bonchev–Trinajstić information content (AvgIpc) is 3.33. The van der Waals surface area contributed by atoms with E-state index in [1.165, 1.54) is 11.8 Å². The number of hydrogen-bond acceptors (Lipinski definition) is 7. The second-order valence-electron chi connectivity index (χ2n) is 8.85. The van der Waals surface area contributed by atoms with Crippen molar-refractivity contribution in [1.29, 1.82) is 0 Å². The molecule has 5 aromatic rings. The summed E-state index contributed by atoms with van der Waals surface area (Å²) in [7, 11) is 0. The highest BCUT2D eigenvalue weighted by Crippen LogP contribution is 2.33. The van der Waals surface area contributed by atoms with E-state index >= 15 is 0 Å². The van der Waals surface area contributed by atoms with Crippen molar-refractivity contribution in [3.8, 4) is 0 Å². The molecule has 0 radical (unpaired) electrons. The van der Waals surface area contributed by atoms with Crippen molar-refractivity contribution in [2.75, 3.05) is 4.90 Å². The summed E-state index contributed by atoms with van der Waals surface area (Å²) in [5, 5.41) is 11.1. The Bertz CT molecular complexity index is 1850. The molecule has 0 spiro atoms. The molecule has 40 heavy (non-hydrogen) atoms. The van der Waals surface area contributed by atoms with Gasteiger partial charge in [-0.05, 0) is 67.2 Å². The van der Waals surface area contributed by atoms with Gasteiger partial charge in [-0.3, -0.25) is 4.90 Å². The predicted molar refractivity (Wildman–Crippen MR) is 166 cm³/mol. The van der Waals surface area contributed by atoms with E-state index in [0.717, 1.165) is 22.4 Å². The first-order valence-corrected chi connectivity index (χ1v) is 13.4. The van der Waals surface area contributed by atoms with Crippen molar-refractivity contribution in [3.05, 3.63) is 137 Å². The van der Waals surface area contributed by atoms with Crippen LogP contribution in [-0.4, -0.2) is 21.8 Å². The third kappa shape index (κ3) is 5.39. The number of fused-ring (bicyclic) bond motifs is 1. The topological polar surface area (TPSA) is 82.9 Å². The van der Waals surface area contributed by atoms with Crippen molar-refractivity contribution in [2.24, 2.45) is 20.2 Å². The third-order valence-corrected chi connectivity index (χ3v) is 7.01. The molecule has 8 heteroatoms. The Morgan fingerprint density at radius 3 is 2.05 bits per heavy atom. The molecule has 0 N–H and O–H groups in total. The van der Waals surface area contributed by atoms with Crippen LogP contribution in [0.4, 0.5) is 17.1 Å². The summed E-state index contributed by atoms with van der Waals surface area (Å²) < 4.78 is 5.50. The van der Waals surface area contributed by atoms with Crippen LogP contribution in [-0.2, 0) is 0 Å². The highest BCUT2D eigenvalue weighted by molar-refractivity contribution is 8.29. The lowest BCUT2D eigenvalue weighted by Crippen LogP contribution is -2.30. The van der Waals surface area contributed by atoms with Crippen molar-refractivity contribution < 1.29 is 4.42 Å². The van der Waals surface area contributed by atoms with E-state index in [-0.39, 0.29) is 0 Å². The number of hydrogen-bond donors (Lipinski definition) is 0. The second kappa shape index (κ2) is 11.3. The summed E-state index contributed by atoms with van der Waals surface area (Å²) in [4.78, 5) is 24.5. The van der Waals surface area contributed by atoms with Gasteiger partial charge in [-0.1, -0.05) is 72.8 Å². The van der Waals surface area contributed by atoms with Gasteiger partial charge in [-0.25, -0.2) is 14.8 Å². The van der Waals surface area contributed by atoms with Crippen LogP contribution in [0.15, 0.2) is 151 Å². The summed E-state index contributed by atoms with van der Waals surface area (Å²) in [5.74, 6) is 0.628. The highest BCUT2D eigenvalue weighted by Gasteiger charge is 2.35. The zero-order valence-electron chi connectivity index (χ0n) is 21.5. The molecule has 0 amide bonds. The molecular formula is C32H23N5O2S. The minimum atomic E-state index is -0.461. The Morgan fingerprint density at radius 1 is 0.750 bits per heavy atom. The maximum Gasteiger partial charge on any atom is 0.345 e. The average molecular weight is 542 g/mol. The fourth-order valence-corrected chi connectivity index (χ4v) is 5.06. The lowest BCUT2D eigenvalue weighted by molar-refractivity contribution is 0.559. The molecule has 0 atom stereocenters. The van der Waals surface area contributed by atoms with Gasteiger partial charge >= 0.3 is 5.63 Å². The smallest absolute Gasteiger partial charge is 0.345 e. The molecule has 4 aromatic carbocycles. The molecule has 1 aromatic heterocycles. The Labute approximate surface area is 235 Å². The Morgan fingerprint density at radius 2 is 1.35 bits per heavy atom. The largest absolute Gasteiger partial charge is 0.422 e. The molecular weight excluding hydrogens is 518 g/mol. The Hall–Kier alpha value is -5.08. The standard InChI is InChI=1S/C32H23N5O2S/c1-22(27-21-23-13-11-12-20-28(23)39-31(27)38)35-36-32-37(26-18-9-4-10-19-26)29(33-24-14-5-2-6-15-24)30(40-32)34-25-16-7-3-8-17-25/h2-21H,1H3. The van der Waals surface area contributed by atoms with Crippen molar-refractivity contribution in [1.82, 2.24) is 0 Å². The van der Waals surface area contributed by atoms with Crippen LogP contribution >= 0.6 is 11.8 Å². The number of nitrogens with zero attached hydrogens (tertiary/aromatic N) is 5. The van der Waals surface area contributed by atoms with E-state index in [4.69, 9.17) is 14.4 Å². The minimum Gasteiger partial charge on any atom is -0.422 e. The Balaban J connectivity index is 1.48. The highest BCUT2D eigenvalue weighted by atomic mass is 32.2. The van der Waals surface area contributed by atoms with Gasteiger partial charge < -0.3 is 4.42 Å². The van der Waals surface area contributed by atoms with Crippen LogP contribution in [0.2, 0.25) is 0 Å². The normalized spacial score (nSPS) is 16.9. The minimum absolute atomic E-state index is 0.355. The monoisotopic (exact) mass is 541 g/mol. The van der Waals surface area contributed by atoms with Gasteiger partial charge in [-0.15, -0.1) is 5.10 Å². The van der Waals surface area contributed by atoms with Crippen LogP contribution in [0.5, 0.6) is 0 Å². The van der Waals surface area contributed by atoms with E-state index in [9.17, 15) is 4.79 Å². The lowest BCUT2D eigenvalue weighted by atomic mass is 10.1. The molecule has 1 aliphatic heterocycles.